The summed E-state index contributed by atoms with van der Waals surface area (Å²) in [5.74, 6) is -0.208. The molecule has 0 aliphatic carbocycles. The fourth-order valence-corrected chi connectivity index (χ4v) is 3.81. The third-order valence-corrected chi connectivity index (χ3v) is 5.58. The number of likely N-dealkylation sites (tertiary alicyclic amines) is 1. The number of anilines is 1. The summed E-state index contributed by atoms with van der Waals surface area (Å²) in [4.78, 5) is 42.8. The van der Waals surface area contributed by atoms with Gasteiger partial charge in [-0.25, -0.2) is 4.68 Å². The lowest BCUT2D eigenvalue weighted by Crippen LogP contribution is -2.59. The summed E-state index contributed by atoms with van der Waals surface area (Å²) in [5.41, 5.74) is 1.57. The largest absolute Gasteiger partial charge is 0.368 e. The van der Waals surface area contributed by atoms with E-state index < -0.39 is 0 Å². The van der Waals surface area contributed by atoms with Gasteiger partial charge in [0.2, 0.25) is 11.8 Å². The molecule has 1 aromatic heterocycles. The normalized spacial score (nSPS) is 17.2. The Balaban J connectivity index is 1.26. The first kappa shape index (κ1) is 19.2. The van der Waals surface area contributed by atoms with Crippen molar-refractivity contribution < 1.29 is 9.59 Å². The predicted molar refractivity (Wildman–Crippen MR) is 109 cm³/mol. The maximum Gasteiger partial charge on any atom is 0.267 e. The van der Waals surface area contributed by atoms with Gasteiger partial charge in [0, 0.05) is 51.0 Å². The van der Waals surface area contributed by atoms with Gasteiger partial charge in [0.05, 0.1) is 11.6 Å². The van der Waals surface area contributed by atoms with Crippen molar-refractivity contribution in [1.82, 2.24) is 19.6 Å². The average Bonchev–Trinajstić information content (AvgIpc) is 2.70. The van der Waals surface area contributed by atoms with Crippen molar-refractivity contribution in [3.8, 4) is 0 Å². The van der Waals surface area contributed by atoms with Crippen LogP contribution in [-0.2, 0) is 16.1 Å². The molecule has 2 aliphatic rings. The van der Waals surface area contributed by atoms with Crippen molar-refractivity contribution >= 4 is 17.5 Å². The molecular formula is C21H25N5O3. The molecule has 3 heterocycles. The molecule has 8 nitrogen and oxygen atoms in total. The van der Waals surface area contributed by atoms with E-state index in [0.29, 0.717) is 31.9 Å². The molecule has 0 unspecified atom stereocenters. The minimum atomic E-state index is -0.298. The number of aryl methyl sites for hydroxylation is 1. The summed E-state index contributed by atoms with van der Waals surface area (Å²) in [6, 6.07) is 13.2. The molecule has 2 amide bonds. The number of carbonyl (C=O) groups is 2. The molecule has 2 aliphatic heterocycles. The van der Waals surface area contributed by atoms with E-state index in [4.69, 9.17) is 0 Å². The van der Waals surface area contributed by atoms with Crippen molar-refractivity contribution in [3.05, 3.63) is 58.5 Å². The quantitative estimate of drug-likeness (QED) is 0.747. The number of rotatable bonds is 4. The minimum absolute atomic E-state index is 0.0861. The number of nitrogens with zero attached hydrogens (tertiary/aromatic N) is 5. The highest BCUT2D eigenvalue weighted by Gasteiger charge is 2.38. The Morgan fingerprint density at radius 2 is 1.66 bits per heavy atom. The van der Waals surface area contributed by atoms with Crippen LogP contribution in [0.5, 0.6) is 0 Å². The van der Waals surface area contributed by atoms with Crippen LogP contribution in [-0.4, -0.2) is 70.7 Å². The van der Waals surface area contributed by atoms with E-state index in [0.717, 1.165) is 13.1 Å². The van der Waals surface area contributed by atoms with Crippen molar-refractivity contribution in [2.75, 3.05) is 44.2 Å². The van der Waals surface area contributed by atoms with Crippen molar-refractivity contribution in [1.29, 1.82) is 0 Å². The highest BCUT2D eigenvalue weighted by molar-refractivity contribution is 5.84. The van der Waals surface area contributed by atoms with Gasteiger partial charge >= 0.3 is 0 Å². The molecule has 4 rings (SSSR count). The lowest BCUT2D eigenvalue weighted by molar-refractivity contribution is -0.149. The molecule has 152 valence electrons. The number of aromatic nitrogens is 2. The first-order chi connectivity index (χ1) is 14.0. The highest BCUT2D eigenvalue weighted by Crippen LogP contribution is 2.21. The minimum Gasteiger partial charge on any atom is -0.368 e. The van der Waals surface area contributed by atoms with E-state index in [2.05, 4.69) is 22.1 Å². The van der Waals surface area contributed by atoms with Crippen molar-refractivity contribution in [2.45, 2.75) is 13.5 Å². The van der Waals surface area contributed by atoms with Gasteiger partial charge in [0.15, 0.2) is 0 Å². The van der Waals surface area contributed by atoms with Gasteiger partial charge < -0.3 is 14.7 Å². The molecule has 29 heavy (non-hydrogen) atoms. The summed E-state index contributed by atoms with van der Waals surface area (Å²) >= 11 is 0. The Bertz CT molecular complexity index is 944. The first-order valence-electron chi connectivity index (χ1n) is 9.92. The molecule has 1 aromatic carbocycles. The Labute approximate surface area is 169 Å². The lowest BCUT2D eigenvalue weighted by atomic mass is 9.98. The molecular weight excluding hydrogens is 370 g/mol. The van der Waals surface area contributed by atoms with E-state index in [-0.39, 0.29) is 29.8 Å². The second kappa shape index (κ2) is 8.06. The summed E-state index contributed by atoms with van der Waals surface area (Å²) in [7, 11) is 0. The van der Waals surface area contributed by atoms with Crippen LogP contribution in [0.2, 0.25) is 0 Å². The Hall–Kier alpha value is -3.16. The second-order valence-electron chi connectivity index (χ2n) is 7.61. The predicted octanol–water partition coefficient (Wildman–Crippen LogP) is 0.359. The van der Waals surface area contributed by atoms with Gasteiger partial charge in [0.25, 0.3) is 5.56 Å². The maximum atomic E-state index is 12.8. The Morgan fingerprint density at radius 3 is 2.34 bits per heavy atom. The zero-order chi connectivity index (χ0) is 20.4. The van der Waals surface area contributed by atoms with Gasteiger partial charge in [-0.05, 0) is 25.1 Å². The molecule has 2 aromatic rings. The monoisotopic (exact) mass is 395 g/mol. The SMILES string of the molecule is Cc1ccc(=O)n(CC(=O)N2CC(C(=O)N3CCN(c4ccccc4)CC3)C2)n1. The van der Waals surface area contributed by atoms with Crippen LogP contribution < -0.4 is 10.5 Å². The molecule has 0 spiro atoms. The van der Waals surface area contributed by atoms with Crippen LogP contribution in [0.25, 0.3) is 0 Å². The van der Waals surface area contributed by atoms with E-state index in [1.54, 1.807) is 17.9 Å². The van der Waals surface area contributed by atoms with E-state index in [1.807, 2.05) is 23.1 Å². The summed E-state index contributed by atoms with van der Waals surface area (Å²) in [6.45, 7) is 5.53. The molecule has 0 N–H and O–H groups in total. The van der Waals surface area contributed by atoms with E-state index >= 15 is 0 Å². The zero-order valence-corrected chi connectivity index (χ0v) is 16.5. The molecule has 0 radical (unpaired) electrons. The van der Waals surface area contributed by atoms with Crippen LogP contribution in [0.4, 0.5) is 5.69 Å². The van der Waals surface area contributed by atoms with Crippen molar-refractivity contribution in [2.24, 2.45) is 5.92 Å². The van der Waals surface area contributed by atoms with E-state index in [1.165, 1.54) is 16.4 Å². The molecule has 2 fully saturated rings. The number of hydrogen-bond acceptors (Lipinski definition) is 5. The topological polar surface area (TPSA) is 78.8 Å². The van der Waals surface area contributed by atoms with Crippen molar-refractivity contribution in [3.63, 3.8) is 0 Å². The highest BCUT2D eigenvalue weighted by atomic mass is 16.2. The smallest absolute Gasteiger partial charge is 0.267 e. The van der Waals surface area contributed by atoms with Gasteiger partial charge in [0.1, 0.15) is 6.54 Å². The van der Waals surface area contributed by atoms with Crippen LogP contribution in [0, 0.1) is 12.8 Å². The second-order valence-corrected chi connectivity index (χ2v) is 7.61. The molecule has 0 saturated carbocycles. The third kappa shape index (κ3) is 4.16. The molecule has 0 atom stereocenters. The van der Waals surface area contributed by atoms with E-state index in [9.17, 15) is 14.4 Å². The fraction of sp³-hybridized carbons (Fsp3) is 0.429. The number of amides is 2. The number of carbonyl (C=O) groups excluding carboxylic acids is 2. The Kier molecular flexibility index (Phi) is 5.33. The average molecular weight is 395 g/mol. The Morgan fingerprint density at radius 1 is 0.966 bits per heavy atom. The van der Waals surface area contributed by atoms with Crippen LogP contribution in [0.1, 0.15) is 5.69 Å². The number of para-hydroxylation sites is 1. The first-order valence-corrected chi connectivity index (χ1v) is 9.92. The third-order valence-electron chi connectivity index (χ3n) is 5.58. The molecule has 0 bridgehead atoms. The van der Waals surface area contributed by atoms with Gasteiger partial charge in [-0.2, -0.15) is 5.10 Å². The van der Waals surface area contributed by atoms with Crippen LogP contribution in [0.3, 0.4) is 0 Å². The van der Waals surface area contributed by atoms with Gasteiger partial charge in [-0.3, -0.25) is 14.4 Å². The molecule has 2 saturated heterocycles. The fourth-order valence-electron chi connectivity index (χ4n) is 3.81. The van der Waals surface area contributed by atoms with Crippen LogP contribution >= 0.6 is 0 Å². The number of piperazine rings is 1. The van der Waals surface area contributed by atoms with Crippen LogP contribution in [0.15, 0.2) is 47.3 Å². The lowest BCUT2D eigenvalue weighted by Gasteiger charge is -2.43. The number of hydrogen-bond donors (Lipinski definition) is 0. The molecule has 8 heteroatoms. The summed E-state index contributed by atoms with van der Waals surface area (Å²) in [5, 5.41) is 4.09. The van der Waals surface area contributed by atoms with Gasteiger partial charge in [-0.15, -0.1) is 0 Å². The maximum absolute atomic E-state index is 12.8. The standard InChI is InChI=1S/C21H25N5O3/c1-16-7-8-19(27)26(22-16)15-20(28)25-13-17(14-25)21(29)24-11-9-23(10-12-24)18-5-3-2-4-6-18/h2-8,17H,9-15H2,1H3. The summed E-state index contributed by atoms with van der Waals surface area (Å²) < 4.78 is 1.18. The summed E-state index contributed by atoms with van der Waals surface area (Å²) in [6.07, 6.45) is 0. The zero-order valence-electron chi connectivity index (χ0n) is 16.5. The van der Waals surface area contributed by atoms with Gasteiger partial charge in [-0.1, -0.05) is 18.2 Å². The number of benzene rings is 1.